The molecule has 7 aromatic carbocycles. The van der Waals surface area contributed by atoms with E-state index < -0.39 is 0 Å². The van der Waals surface area contributed by atoms with Crippen LogP contribution in [0.2, 0.25) is 0 Å². The van der Waals surface area contributed by atoms with E-state index in [-0.39, 0.29) is 0 Å². The van der Waals surface area contributed by atoms with E-state index in [1.54, 1.807) is 0 Å². The maximum Gasteiger partial charge on any atom is 0.0625 e. The van der Waals surface area contributed by atoms with Crippen molar-refractivity contribution in [2.24, 2.45) is 0 Å². The third-order valence-corrected chi connectivity index (χ3v) is 8.06. The number of anilines is 6. The molecular formula is C41H31N3. The first-order valence-corrected chi connectivity index (χ1v) is 15.0. The summed E-state index contributed by atoms with van der Waals surface area (Å²) in [6.45, 7) is 0. The molecule has 0 fully saturated rings. The summed E-state index contributed by atoms with van der Waals surface area (Å²) < 4.78 is 0. The highest BCUT2D eigenvalue weighted by Gasteiger charge is 2.25. The fraction of sp³-hybridized carbons (Fsp3) is 0.0488. The number of aryl methyl sites for hydroxylation is 1. The molecule has 0 spiro atoms. The van der Waals surface area contributed by atoms with E-state index >= 15 is 0 Å². The molecule has 3 nitrogen and oxygen atoms in total. The number of fused-ring (bicyclic) bond motifs is 2. The zero-order chi connectivity index (χ0) is 29.7. The summed E-state index contributed by atoms with van der Waals surface area (Å²) in [6, 6.07) is 60.1. The SMILES string of the molecule is N#CCCc1ccc2c(N(c3ccccc3)c3ccccc3)c3ccccc3c(N(c3ccccc3)c3ccccc3)c2c1. The van der Waals surface area contributed by atoms with Crippen LogP contribution in [-0.2, 0) is 6.42 Å². The monoisotopic (exact) mass is 565 g/mol. The Kier molecular flexibility index (Phi) is 7.47. The standard InChI is InChI=1S/C41H31N3/c42-29-15-16-31-27-28-38-39(30-31)41(44(34-21-9-3-10-22-34)35-23-11-4-12-24-35)37-26-14-13-25-36(37)40(38)43(32-17-5-1-6-18-32)33-19-7-2-8-20-33/h1-14,17-28,30H,15-16H2. The van der Waals surface area contributed by atoms with Gasteiger partial charge in [0, 0.05) is 50.7 Å². The number of hydrogen-bond acceptors (Lipinski definition) is 3. The number of para-hydroxylation sites is 4. The van der Waals surface area contributed by atoms with Crippen molar-refractivity contribution >= 4 is 55.7 Å². The molecule has 0 aliphatic carbocycles. The predicted molar refractivity (Wildman–Crippen MR) is 185 cm³/mol. The normalized spacial score (nSPS) is 10.9. The summed E-state index contributed by atoms with van der Waals surface area (Å²) in [5.41, 5.74) is 7.75. The van der Waals surface area contributed by atoms with E-state index in [9.17, 15) is 5.26 Å². The van der Waals surface area contributed by atoms with Crippen LogP contribution in [0.4, 0.5) is 34.1 Å². The third kappa shape index (κ3) is 5.04. The highest BCUT2D eigenvalue weighted by atomic mass is 15.2. The van der Waals surface area contributed by atoms with Crippen molar-refractivity contribution in [3.05, 3.63) is 169 Å². The third-order valence-electron chi connectivity index (χ3n) is 8.06. The van der Waals surface area contributed by atoms with Crippen molar-refractivity contribution < 1.29 is 0 Å². The second-order valence-corrected chi connectivity index (χ2v) is 10.8. The minimum Gasteiger partial charge on any atom is -0.309 e. The topological polar surface area (TPSA) is 30.3 Å². The highest BCUT2D eigenvalue weighted by molar-refractivity contribution is 6.23. The fourth-order valence-electron chi connectivity index (χ4n) is 6.14. The zero-order valence-corrected chi connectivity index (χ0v) is 24.3. The first-order chi connectivity index (χ1) is 21.8. The summed E-state index contributed by atoms with van der Waals surface area (Å²) in [6.07, 6.45) is 1.17. The molecule has 0 aliphatic rings. The Morgan fingerprint density at radius 1 is 0.409 bits per heavy atom. The molecule has 44 heavy (non-hydrogen) atoms. The van der Waals surface area contributed by atoms with E-state index in [4.69, 9.17) is 0 Å². The van der Waals surface area contributed by atoms with Crippen LogP contribution in [0.3, 0.4) is 0 Å². The van der Waals surface area contributed by atoms with Crippen LogP contribution in [-0.4, -0.2) is 0 Å². The van der Waals surface area contributed by atoms with Gasteiger partial charge in [-0.3, -0.25) is 0 Å². The van der Waals surface area contributed by atoms with Crippen LogP contribution >= 0.6 is 0 Å². The van der Waals surface area contributed by atoms with Crippen LogP contribution in [0.5, 0.6) is 0 Å². The molecule has 0 aromatic heterocycles. The average molecular weight is 566 g/mol. The van der Waals surface area contributed by atoms with Crippen LogP contribution < -0.4 is 9.80 Å². The Hall–Kier alpha value is -5.85. The molecule has 0 bridgehead atoms. The number of rotatable bonds is 8. The van der Waals surface area contributed by atoms with Gasteiger partial charge in [-0.05, 0) is 66.6 Å². The second-order valence-electron chi connectivity index (χ2n) is 10.8. The lowest BCUT2D eigenvalue weighted by molar-refractivity contribution is 1.01. The van der Waals surface area contributed by atoms with Gasteiger partial charge in [-0.1, -0.05) is 109 Å². The molecule has 7 rings (SSSR count). The molecule has 0 amide bonds. The summed E-state index contributed by atoms with van der Waals surface area (Å²) in [4.78, 5) is 4.75. The van der Waals surface area contributed by atoms with Gasteiger partial charge in [0.25, 0.3) is 0 Å². The summed E-state index contributed by atoms with van der Waals surface area (Å²) in [5.74, 6) is 0. The number of nitrogens with zero attached hydrogens (tertiary/aromatic N) is 3. The molecule has 0 saturated heterocycles. The number of hydrogen-bond donors (Lipinski definition) is 0. The fourth-order valence-corrected chi connectivity index (χ4v) is 6.14. The van der Waals surface area contributed by atoms with Crippen molar-refractivity contribution in [2.45, 2.75) is 12.8 Å². The first-order valence-electron chi connectivity index (χ1n) is 15.0. The Balaban J connectivity index is 1.64. The number of nitriles is 1. The number of benzene rings is 7. The van der Waals surface area contributed by atoms with Gasteiger partial charge < -0.3 is 9.80 Å². The van der Waals surface area contributed by atoms with E-state index in [0.29, 0.717) is 12.8 Å². The van der Waals surface area contributed by atoms with Gasteiger partial charge >= 0.3 is 0 Å². The Morgan fingerprint density at radius 3 is 1.18 bits per heavy atom. The molecule has 0 heterocycles. The molecule has 3 heteroatoms. The quantitative estimate of drug-likeness (QED) is 0.136. The summed E-state index contributed by atoms with van der Waals surface area (Å²) >= 11 is 0. The van der Waals surface area contributed by atoms with Gasteiger partial charge in [0.05, 0.1) is 17.4 Å². The molecule has 0 atom stereocenters. The van der Waals surface area contributed by atoms with Crippen LogP contribution in [0.25, 0.3) is 21.5 Å². The summed E-state index contributed by atoms with van der Waals surface area (Å²) in [5, 5.41) is 14.0. The van der Waals surface area contributed by atoms with Crippen molar-refractivity contribution in [1.29, 1.82) is 5.26 Å². The lowest BCUT2D eigenvalue weighted by atomic mass is 9.93. The Bertz CT molecular complexity index is 1990. The molecule has 0 radical (unpaired) electrons. The lowest BCUT2D eigenvalue weighted by Crippen LogP contribution is -2.14. The first kappa shape index (κ1) is 27.0. The summed E-state index contributed by atoms with van der Waals surface area (Å²) in [7, 11) is 0. The molecule has 0 saturated carbocycles. The molecule has 0 unspecified atom stereocenters. The minimum absolute atomic E-state index is 0.475. The van der Waals surface area contributed by atoms with E-state index in [0.717, 1.165) is 61.2 Å². The average Bonchev–Trinajstić information content (AvgIpc) is 3.10. The smallest absolute Gasteiger partial charge is 0.0625 e. The predicted octanol–water partition coefficient (Wildman–Crippen LogP) is 11.4. The van der Waals surface area contributed by atoms with Crippen molar-refractivity contribution in [1.82, 2.24) is 0 Å². The van der Waals surface area contributed by atoms with Crippen LogP contribution in [0, 0.1) is 11.3 Å². The Labute approximate surface area is 258 Å². The minimum atomic E-state index is 0.475. The largest absolute Gasteiger partial charge is 0.309 e. The van der Waals surface area contributed by atoms with Gasteiger partial charge in [-0.25, -0.2) is 0 Å². The van der Waals surface area contributed by atoms with Gasteiger partial charge in [0.1, 0.15) is 0 Å². The lowest BCUT2D eigenvalue weighted by Gasteiger charge is -2.33. The van der Waals surface area contributed by atoms with Crippen LogP contribution in [0.15, 0.2) is 164 Å². The maximum absolute atomic E-state index is 9.43. The van der Waals surface area contributed by atoms with Crippen molar-refractivity contribution in [3.63, 3.8) is 0 Å². The van der Waals surface area contributed by atoms with Gasteiger partial charge in [0.2, 0.25) is 0 Å². The molecular weight excluding hydrogens is 534 g/mol. The highest BCUT2D eigenvalue weighted by Crippen LogP contribution is 2.51. The zero-order valence-electron chi connectivity index (χ0n) is 24.3. The van der Waals surface area contributed by atoms with E-state index in [1.807, 2.05) is 0 Å². The van der Waals surface area contributed by atoms with Gasteiger partial charge in [-0.15, -0.1) is 0 Å². The van der Waals surface area contributed by atoms with Crippen molar-refractivity contribution in [2.75, 3.05) is 9.80 Å². The molecule has 210 valence electrons. The molecule has 0 aliphatic heterocycles. The van der Waals surface area contributed by atoms with E-state index in [1.165, 1.54) is 0 Å². The van der Waals surface area contributed by atoms with E-state index in [2.05, 4.69) is 180 Å². The van der Waals surface area contributed by atoms with Crippen LogP contribution in [0.1, 0.15) is 12.0 Å². The van der Waals surface area contributed by atoms with Crippen molar-refractivity contribution in [3.8, 4) is 6.07 Å². The maximum atomic E-state index is 9.43. The van der Waals surface area contributed by atoms with Gasteiger partial charge in [-0.2, -0.15) is 5.26 Å². The molecule has 0 N–H and O–H groups in total. The second kappa shape index (κ2) is 12.2. The van der Waals surface area contributed by atoms with Gasteiger partial charge in [0.15, 0.2) is 0 Å². The Morgan fingerprint density at radius 2 is 0.773 bits per heavy atom. The molecule has 7 aromatic rings.